The van der Waals surface area contributed by atoms with E-state index in [0.29, 0.717) is 18.6 Å². The molecule has 1 aromatic carbocycles. The first kappa shape index (κ1) is 14.4. The first-order valence-electron chi connectivity index (χ1n) is 6.80. The number of fused-ring (bicyclic) bond motifs is 1. The molecule has 1 aliphatic rings. The van der Waals surface area contributed by atoms with Crippen LogP contribution in [0.4, 0.5) is 0 Å². The highest BCUT2D eigenvalue weighted by atomic mass is 16.5. The molecular formula is C15H19NO4. The summed E-state index contributed by atoms with van der Waals surface area (Å²) in [5.74, 6) is -0.805. The molecule has 0 aliphatic carbocycles. The Balaban J connectivity index is 2.01. The molecule has 1 aliphatic heterocycles. The number of carbonyl (C=O) groups excluding carboxylic acids is 1. The van der Waals surface area contributed by atoms with E-state index in [-0.39, 0.29) is 11.8 Å². The lowest BCUT2D eigenvalue weighted by atomic mass is 9.99. The molecule has 2 rings (SSSR count). The number of hydrogen-bond donors (Lipinski definition) is 2. The molecule has 1 amide bonds. The van der Waals surface area contributed by atoms with E-state index in [4.69, 9.17) is 4.74 Å². The second-order valence-corrected chi connectivity index (χ2v) is 5.13. The normalized spacial score (nSPS) is 19.6. The number of aliphatic carboxylic acids is 1. The molecule has 3 unspecified atom stereocenters. The second kappa shape index (κ2) is 5.94. The van der Waals surface area contributed by atoms with Crippen molar-refractivity contribution in [2.75, 3.05) is 0 Å². The van der Waals surface area contributed by atoms with Crippen molar-refractivity contribution in [1.29, 1.82) is 0 Å². The number of ether oxygens (including phenoxy) is 1. The minimum Gasteiger partial charge on any atom is -0.480 e. The predicted octanol–water partition coefficient (Wildman–Crippen LogP) is 1.61. The molecule has 0 radical (unpaired) electrons. The van der Waals surface area contributed by atoms with Crippen LogP contribution in [0.1, 0.15) is 25.8 Å². The maximum atomic E-state index is 12.1. The third-order valence-corrected chi connectivity index (χ3v) is 3.72. The number of nitrogens with one attached hydrogen (secondary N) is 1. The molecule has 1 heterocycles. The van der Waals surface area contributed by atoms with Gasteiger partial charge < -0.3 is 15.2 Å². The number of benzene rings is 1. The van der Waals surface area contributed by atoms with Gasteiger partial charge in [-0.2, -0.15) is 0 Å². The number of hydrogen-bond acceptors (Lipinski definition) is 3. The first-order valence-corrected chi connectivity index (χ1v) is 6.80. The van der Waals surface area contributed by atoms with Crippen LogP contribution in [0, 0.1) is 5.92 Å². The Hall–Kier alpha value is -2.04. The van der Waals surface area contributed by atoms with Crippen molar-refractivity contribution < 1.29 is 19.4 Å². The number of carboxylic acids is 1. The summed E-state index contributed by atoms with van der Waals surface area (Å²) >= 11 is 0. The molecule has 108 valence electrons. The van der Waals surface area contributed by atoms with Crippen molar-refractivity contribution in [1.82, 2.24) is 5.32 Å². The Morgan fingerprint density at radius 3 is 2.75 bits per heavy atom. The molecule has 0 saturated heterocycles. The zero-order chi connectivity index (χ0) is 14.7. The quantitative estimate of drug-likeness (QED) is 0.857. The van der Waals surface area contributed by atoms with Gasteiger partial charge in [-0.25, -0.2) is 4.79 Å². The maximum Gasteiger partial charge on any atom is 0.326 e. The van der Waals surface area contributed by atoms with Crippen LogP contribution < -0.4 is 10.1 Å². The highest BCUT2D eigenvalue weighted by molar-refractivity contribution is 5.87. The summed E-state index contributed by atoms with van der Waals surface area (Å²) in [5.41, 5.74) is 0.975. The topological polar surface area (TPSA) is 75.6 Å². The molecule has 3 atom stereocenters. The highest BCUT2D eigenvalue weighted by Gasteiger charge is 2.33. The molecule has 0 spiro atoms. The van der Waals surface area contributed by atoms with Crippen LogP contribution in [-0.2, 0) is 16.0 Å². The third kappa shape index (κ3) is 2.92. The summed E-state index contributed by atoms with van der Waals surface area (Å²) < 4.78 is 5.56. The van der Waals surface area contributed by atoms with Crippen molar-refractivity contribution in [3.8, 4) is 5.75 Å². The molecule has 0 bridgehead atoms. The van der Waals surface area contributed by atoms with Crippen LogP contribution in [0.3, 0.4) is 0 Å². The monoisotopic (exact) mass is 277 g/mol. The van der Waals surface area contributed by atoms with Gasteiger partial charge in [-0.1, -0.05) is 38.5 Å². The Bertz CT molecular complexity index is 489. The van der Waals surface area contributed by atoms with Gasteiger partial charge in [0, 0.05) is 6.42 Å². The van der Waals surface area contributed by atoms with Gasteiger partial charge in [0.25, 0.3) is 5.91 Å². The maximum absolute atomic E-state index is 12.1. The number of rotatable bonds is 5. The molecule has 5 nitrogen and oxygen atoms in total. The highest BCUT2D eigenvalue weighted by Crippen LogP contribution is 2.28. The van der Waals surface area contributed by atoms with Crippen molar-refractivity contribution in [3.63, 3.8) is 0 Å². The van der Waals surface area contributed by atoms with Gasteiger partial charge in [0.05, 0.1) is 0 Å². The standard InChI is InChI=1S/C15H19NO4/c1-3-9(2)13(15(18)19)16-14(17)12-8-10-6-4-5-7-11(10)20-12/h4-7,9,12-13H,3,8H2,1-2H3,(H,16,17)(H,18,19). The Morgan fingerprint density at radius 1 is 1.45 bits per heavy atom. The first-order chi connectivity index (χ1) is 9.52. The van der Waals surface area contributed by atoms with E-state index in [9.17, 15) is 14.7 Å². The second-order valence-electron chi connectivity index (χ2n) is 5.13. The lowest BCUT2D eigenvalue weighted by Gasteiger charge is -2.21. The summed E-state index contributed by atoms with van der Waals surface area (Å²) in [6.07, 6.45) is 0.524. The number of carboxylic acid groups (broad SMARTS) is 1. The summed E-state index contributed by atoms with van der Waals surface area (Å²) in [4.78, 5) is 23.4. The fraction of sp³-hybridized carbons (Fsp3) is 0.467. The molecule has 0 aromatic heterocycles. The van der Waals surface area contributed by atoms with Crippen LogP contribution in [-0.4, -0.2) is 29.1 Å². The Kier molecular flexibility index (Phi) is 4.27. The molecule has 20 heavy (non-hydrogen) atoms. The van der Waals surface area contributed by atoms with Gasteiger partial charge in [0.15, 0.2) is 6.10 Å². The lowest BCUT2D eigenvalue weighted by Crippen LogP contribution is -2.49. The summed E-state index contributed by atoms with van der Waals surface area (Å²) in [6.45, 7) is 3.71. The molecule has 0 fully saturated rings. The van der Waals surface area contributed by atoms with Gasteiger partial charge >= 0.3 is 5.97 Å². The predicted molar refractivity (Wildman–Crippen MR) is 73.6 cm³/mol. The van der Waals surface area contributed by atoms with Gasteiger partial charge in [-0.05, 0) is 17.5 Å². The summed E-state index contributed by atoms with van der Waals surface area (Å²) in [7, 11) is 0. The van der Waals surface area contributed by atoms with E-state index in [1.165, 1.54) is 0 Å². The largest absolute Gasteiger partial charge is 0.480 e. The smallest absolute Gasteiger partial charge is 0.326 e. The van der Waals surface area contributed by atoms with Gasteiger partial charge in [-0.3, -0.25) is 4.79 Å². The number of amides is 1. The SMILES string of the molecule is CCC(C)C(NC(=O)C1Cc2ccccc2O1)C(=O)O. The average molecular weight is 277 g/mol. The van der Waals surface area contributed by atoms with E-state index >= 15 is 0 Å². The van der Waals surface area contributed by atoms with E-state index < -0.39 is 18.1 Å². The fourth-order valence-electron chi connectivity index (χ4n) is 2.26. The molecule has 0 saturated carbocycles. The van der Waals surface area contributed by atoms with Crippen molar-refractivity contribution in [2.45, 2.75) is 38.8 Å². The van der Waals surface area contributed by atoms with Crippen molar-refractivity contribution in [3.05, 3.63) is 29.8 Å². The molecule has 2 N–H and O–H groups in total. The molecular weight excluding hydrogens is 258 g/mol. The van der Waals surface area contributed by atoms with E-state index in [0.717, 1.165) is 5.56 Å². The van der Waals surface area contributed by atoms with Crippen LogP contribution >= 0.6 is 0 Å². The van der Waals surface area contributed by atoms with Gasteiger partial charge in [0.1, 0.15) is 11.8 Å². The van der Waals surface area contributed by atoms with E-state index in [2.05, 4.69) is 5.32 Å². The van der Waals surface area contributed by atoms with Crippen LogP contribution in [0.2, 0.25) is 0 Å². The lowest BCUT2D eigenvalue weighted by molar-refractivity contribution is -0.144. The van der Waals surface area contributed by atoms with Crippen LogP contribution in [0.15, 0.2) is 24.3 Å². The van der Waals surface area contributed by atoms with E-state index in [1.54, 1.807) is 0 Å². The Labute approximate surface area is 117 Å². The average Bonchev–Trinajstić information content (AvgIpc) is 2.87. The molecule has 1 aromatic rings. The summed E-state index contributed by atoms with van der Waals surface area (Å²) in [5, 5.41) is 11.8. The Morgan fingerprint density at radius 2 is 2.15 bits per heavy atom. The van der Waals surface area contributed by atoms with Crippen molar-refractivity contribution >= 4 is 11.9 Å². The minimum absolute atomic E-state index is 0.125. The van der Waals surface area contributed by atoms with E-state index in [1.807, 2.05) is 38.1 Å². The third-order valence-electron chi connectivity index (χ3n) is 3.72. The zero-order valence-electron chi connectivity index (χ0n) is 11.6. The zero-order valence-corrected chi connectivity index (χ0v) is 11.6. The number of para-hydroxylation sites is 1. The van der Waals surface area contributed by atoms with Gasteiger partial charge in [-0.15, -0.1) is 0 Å². The van der Waals surface area contributed by atoms with Gasteiger partial charge in [0.2, 0.25) is 0 Å². The van der Waals surface area contributed by atoms with Crippen molar-refractivity contribution in [2.24, 2.45) is 5.92 Å². The number of carbonyl (C=O) groups is 2. The summed E-state index contributed by atoms with van der Waals surface area (Å²) in [6, 6.07) is 6.58. The molecule has 5 heteroatoms. The van der Waals surface area contributed by atoms with Crippen LogP contribution in [0.25, 0.3) is 0 Å². The van der Waals surface area contributed by atoms with Crippen LogP contribution in [0.5, 0.6) is 5.75 Å². The minimum atomic E-state index is -1.01. The fourth-order valence-corrected chi connectivity index (χ4v) is 2.26.